The number of allylic oxidation sites excluding steroid dienone is 1. The molecule has 0 radical (unpaired) electrons. The predicted octanol–water partition coefficient (Wildman–Crippen LogP) is 10.2. The number of hydrogen-bond donors (Lipinski definition) is 1. The van der Waals surface area contributed by atoms with Crippen LogP contribution in [0.1, 0.15) is 71.8 Å². The van der Waals surface area contributed by atoms with Gasteiger partial charge in [0.25, 0.3) is 0 Å². The molecule has 0 unspecified atom stereocenters. The van der Waals surface area contributed by atoms with Gasteiger partial charge in [-0.25, -0.2) is 0 Å². The molecule has 0 saturated heterocycles. The largest absolute Gasteiger partial charge is 0.506 e. The summed E-state index contributed by atoms with van der Waals surface area (Å²) in [5, 5.41) is 10.9. The van der Waals surface area contributed by atoms with Crippen LogP contribution in [0.5, 0.6) is 5.75 Å². The molecule has 2 aliphatic rings. The Morgan fingerprint density at radius 3 is 2.53 bits per heavy atom. The van der Waals surface area contributed by atoms with Gasteiger partial charge in [0.1, 0.15) is 5.75 Å². The highest BCUT2D eigenvalue weighted by atomic mass is 79.9. The first-order valence-corrected chi connectivity index (χ1v) is 15.2. The number of halogens is 5. The number of alkyl halides is 3. The third-order valence-electron chi connectivity index (χ3n) is 8.50. The molecule has 2 saturated carbocycles. The highest BCUT2D eigenvalue weighted by Gasteiger charge is 2.57. The van der Waals surface area contributed by atoms with Crippen molar-refractivity contribution >= 4 is 75.3 Å². The first-order chi connectivity index (χ1) is 14.7. The van der Waals surface area contributed by atoms with Crippen LogP contribution in [0.4, 0.5) is 0 Å². The monoisotopic (exact) mass is 714 g/mol. The Morgan fingerprint density at radius 2 is 1.91 bits per heavy atom. The van der Waals surface area contributed by atoms with Crippen molar-refractivity contribution in [2.24, 2.45) is 22.7 Å². The molecule has 6 atom stereocenters. The molecule has 32 heavy (non-hydrogen) atoms. The second kappa shape index (κ2) is 10.1. The van der Waals surface area contributed by atoms with E-state index in [0.717, 1.165) is 46.6 Å². The molecular weight excluding hydrogens is 683 g/mol. The maximum absolute atomic E-state index is 10.8. The fourth-order valence-corrected chi connectivity index (χ4v) is 8.87. The molecule has 6 heteroatoms. The number of aromatic hydroxyl groups is 1. The van der Waals surface area contributed by atoms with Crippen LogP contribution in [-0.2, 0) is 6.42 Å². The van der Waals surface area contributed by atoms with E-state index >= 15 is 0 Å². The molecule has 3 rings (SSSR count). The van der Waals surface area contributed by atoms with E-state index < -0.39 is 0 Å². The minimum absolute atomic E-state index is 0.0698. The third-order valence-corrected chi connectivity index (χ3v) is 12.6. The van der Waals surface area contributed by atoms with Gasteiger partial charge >= 0.3 is 0 Å². The van der Waals surface area contributed by atoms with Crippen molar-refractivity contribution in [1.29, 1.82) is 0 Å². The minimum atomic E-state index is -0.0698. The van der Waals surface area contributed by atoms with E-state index in [1.54, 1.807) is 0 Å². The van der Waals surface area contributed by atoms with E-state index in [1.807, 2.05) is 6.07 Å². The van der Waals surface area contributed by atoms with Gasteiger partial charge in [-0.2, -0.15) is 0 Å². The first-order valence-electron chi connectivity index (χ1n) is 11.5. The number of benzene rings is 1. The van der Waals surface area contributed by atoms with E-state index in [0.29, 0.717) is 22.4 Å². The van der Waals surface area contributed by atoms with Gasteiger partial charge in [0.15, 0.2) is 0 Å². The first kappa shape index (κ1) is 27.6. The summed E-state index contributed by atoms with van der Waals surface area (Å²) < 4.78 is 1.66. The van der Waals surface area contributed by atoms with Gasteiger partial charge in [-0.3, -0.25) is 0 Å². The summed E-state index contributed by atoms with van der Waals surface area (Å²) in [5.41, 5.74) is 2.66. The molecule has 0 aliphatic heterocycles. The lowest BCUT2D eigenvalue weighted by Gasteiger charge is -2.61. The topological polar surface area (TPSA) is 20.2 Å². The molecule has 0 bridgehead atoms. The van der Waals surface area contributed by atoms with Crippen LogP contribution >= 0.6 is 75.3 Å². The van der Waals surface area contributed by atoms with Gasteiger partial charge in [0.2, 0.25) is 0 Å². The number of phenols is 1. The maximum Gasteiger partial charge on any atom is 0.133 e. The highest BCUT2D eigenvalue weighted by molar-refractivity contribution is 9.11. The van der Waals surface area contributed by atoms with E-state index in [2.05, 4.69) is 104 Å². The zero-order valence-corrected chi connectivity index (χ0v) is 26.6. The number of phenolic OH excluding ortho intramolecular Hbond substituents is 1. The summed E-state index contributed by atoms with van der Waals surface area (Å²) >= 11 is 21.8. The Kier molecular flexibility index (Phi) is 8.74. The number of rotatable bonds is 6. The van der Waals surface area contributed by atoms with Crippen LogP contribution in [-0.4, -0.2) is 19.6 Å². The van der Waals surface area contributed by atoms with Crippen molar-refractivity contribution in [3.05, 3.63) is 38.8 Å². The quantitative estimate of drug-likeness (QED) is 0.229. The fraction of sp³-hybridized carbons (Fsp3) is 0.692. The molecule has 1 aromatic rings. The van der Waals surface area contributed by atoms with Crippen molar-refractivity contribution < 1.29 is 5.11 Å². The number of hydrogen-bond acceptors (Lipinski definition) is 1. The average molecular weight is 719 g/mol. The second-order valence-electron chi connectivity index (χ2n) is 11.0. The maximum atomic E-state index is 10.8. The van der Waals surface area contributed by atoms with Crippen LogP contribution in [0.15, 0.2) is 33.2 Å². The Morgan fingerprint density at radius 1 is 1.25 bits per heavy atom. The Labute approximate surface area is 233 Å². The van der Waals surface area contributed by atoms with Crippen molar-refractivity contribution in [3.63, 3.8) is 0 Å². The summed E-state index contributed by atoms with van der Waals surface area (Å²) in [6, 6.07) is 3.96. The van der Waals surface area contributed by atoms with Crippen molar-refractivity contribution in [2.45, 2.75) is 87.2 Å². The Hall–Kier alpha value is 0.970. The average Bonchev–Trinajstić information content (AvgIpc) is 2.69. The lowest BCUT2D eigenvalue weighted by molar-refractivity contribution is -0.0602. The summed E-state index contributed by atoms with van der Waals surface area (Å²) in [7, 11) is 0. The molecule has 0 spiro atoms. The summed E-state index contributed by atoms with van der Waals surface area (Å²) in [6.07, 6.45) is 7.51. The van der Waals surface area contributed by atoms with Crippen molar-refractivity contribution in [1.82, 2.24) is 0 Å². The van der Waals surface area contributed by atoms with Crippen LogP contribution in [0.3, 0.4) is 0 Å². The van der Waals surface area contributed by atoms with Crippen LogP contribution < -0.4 is 0 Å². The van der Waals surface area contributed by atoms with E-state index in [4.69, 9.17) is 11.6 Å². The molecule has 1 N–H and O–H groups in total. The highest BCUT2D eigenvalue weighted by Crippen LogP contribution is 2.64. The summed E-state index contributed by atoms with van der Waals surface area (Å²) in [5.74, 6) is 1.30. The summed E-state index contributed by atoms with van der Waals surface area (Å²) in [4.78, 5) is 0.496. The fourth-order valence-electron chi connectivity index (χ4n) is 6.44. The lowest BCUT2D eigenvalue weighted by atomic mass is 9.45. The van der Waals surface area contributed by atoms with Gasteiger partial charge in [0.05, 0.1) is 4.47 Å². The summed E-state index contributed by atoms with van der Waals surface area (Å²) in [6.45, 7) is 13.8. The molecule has 0 aromatic heterocycles. The molecule has 0 amide bonds. The van der Waals surface area contributed by atoms with E-state index in [9.17, 15) is 5.11 Å². The molecule has 2 fully saturated rings. The van der Waals surface area contributed by atoms with Crippen LogP contribution in [0, 0.1) is 22.7 Å². The number of fused-ring (bicyclic) bond motifs is 1. The lowest BCUT2D eigenvalue weighted by Crippen LogP contribution is -2.55. The van der Waals surface area contributed by atoms with Gasteiger partial charge in [-0.15, -0.1) is 11.6 Å². The predicted molar refractivity (Wildman–Crippen MR) is 153 cm³/mol. The Bertz CT molecular complexity index is 866. The molecule has 0 heterocycles. The minimum Gasteiger partial charge on any atom is -0.506 e. The molecule has 2 aliphatic carbocycles. The van der Waals surface area contributed by atoms with Gasteiger partial charge in [-0.1, -0.05) is 73.8 Å². The van der Waals surface area contributed by atoms with Gasteiger partial charge in [0, 0.05) is 19.0 Å². The normalized spacial score (nSPS) is 34.3. The third kappa shape index (κ3) is 5.37. The molecular formula is C26H35Br4ClO. The second-order valence-corrected chi connectivity index (χ2v) is 16.4. The standard InChI is InChI=1S/C26H35Br4ClO/c1-15-6-7-20-25(4,18(15)13-16-12-17(27)14-19(28)23(16)32)10-8-21(29)26(20,5)11-9-22(31)24(2,3)30/h12,14,18,20-22,32H,1,6-11,13H2,2-5H3/t18-,20+,21-,22-,25+,26-/m1/s1. The van der Waals surface area contributed by atoms with Crippen molar-refractivity contribution in [2.75, 3.05) is 0 Å². The zero-order chi connectivity index (χ0) is 24.1. The van der Waals surface area contributed by atoms with E-state index in [1.165, 1.54) is 18.4 Å². The van der Waals surface area contributed by atoms with Gasteiger partial charge < -0.3 is 5.11 Å². The van der Waals surface area contributed by atoms with Gasteiger partial charge in [-0.05, 0) is 115 Å². The van der Waals surface area contributed by atoms with Crippen molar-refractivity contribution in [3.8, 4) is 5.75 Å². The smallest absolute Gasteiger partial charge is 0.133 e. The molecule has 1 aromatic carbocycles. The zero-order valence-electron chi connectivity index (χ0n) is 19.5. The molecule has 180 valence electrons. The molecule has 1 nitrogen and oxygen atoms in total. The van der Waals surface area contributed by atoms with Crippen LogP contribution in [0.2, 0.25) is 0 Å². The van der Waals surface area contributed by atoms with Crippen LogP contribution in [0.25, 0.3) is 0 Å². The SMILES string of the molecule is C=C1CC[C@@H]2[C@@](C)(CC[C@@H](Cl)C(C)(C)Br)[C@H](Br)CC[C@@]2(C)[C@@H]1Cc1cc(Br)cc(Br)c1O. The van der Waals surface area contributed by atoms with E-state index in [-0.39, 0.29) is 20.5 Å². The Balaban J connectivity index is 1.92.